The van der Waals surface area contributed by atoms with Crippen molar-refractivity contribution in [2.24, 2.45) is 0 Å². The quantitative estimate of drug-likeness (QED) is 0.169. The first-order chi connectivity index (χ1) is 13.0. The predicted molar refractivity (Wildman–Crippen MR) is 113 cm³/mol. The lowest BCUT2D eigenvalue weighted by molar-refractivity contribution is -0.139. The fraction of sp³-hybridized carbons (Fsp3) is 0.857. The zero-order chi connectivity index (χ0) is 20.4. The van der Waals surface area contributed by atoms with Gasteiger partial charge in [-0.2, -0.15) is 0 Å². The van der Waals surface area contributed by atoms with E-state index in [9.17, 15) is 19.6 Å². The van der Waals surface area contributed by atoms with Gasteiger partial charge < -0.3 is 19.9 Å². The molecule has 0 bridgehead atoms. The summed E-state index contributed by atoms with van der Waals surface area (Å²) >= 11 is 0. The molecule has 27 heavy (non-hydrogen) atoms. The molecule has 160 valence electrons. The van der Waals surface area contributed by atoms with E-state index in [0.29, 0.717) is 6.42 Å². The number of hydrogen-bond acceptors (Lipinski definition) is 5. The van der Waals surface area contributed by atoms with Gasteiger partial charge in [-0.3, -0.25) is 4.79 Å². The van der Waals surface area contributed by atoms with Crippen LogP contribution in [0.3, 0.4) is 0 Å². The van der Waals surface area contributed by atoms with Crippen molar-refractivity contribution in [3.8, 4) is 0 Å². The van der Waals surface area contributed by atoms with E-state index in [0.717, 1.165) is 25.7 Å². The number of Topliss-reactive ketones (excluding diaryl/α,β-unsaturated/α-hetero) is 1. The maximum Gasteiger partial charge on any atom is 0.198 e. The molecule has 0 aliphatic carbocycles. The molecule has 3 unspecified atom stereocenters. The highest BCUT2D eigenvalue weighted by Crippen LogP contribution is 2.27. The van der Waals surface area contributed by atoms with Crippen LogP contribution in [0.4, 0.5) is 0 Å². The van der Waals surface area contributed by atoms with E-state index in [-0.39, 0.29) is 6.42 Å². The molecule has 6 heteroatoms. The van der Waals surface area contributed by atoms with E-state index in [2.05, 4.69) is 19.1 Å². The first-order valence-corrected chi connectivity index (χ1v) is 11.7. The molecule has 0 aromatic rings. The standard InChI is InChI=1S/C21H41O5P/c1-2-3-4-5-6-7-8-9-10-11-12-13-14-15-16-17-19(23)21(25,27-26)20(24)18-22/h7-8,20,22,24-25H,2-6,9-18,27H2,1H3. The third kappa shape index (κ3) is 12.6. The Morgan fingerprint density at radius 3 is 1.89 bits per heavy atom. The minimum absolute atomic E-state index is 0.0891. The average molecular weight is 405 g/mol. The Morgan fingerprint density at radius 1 is 0.926 bits per heavy atom. The van der Waals surface area contributed by atoms with Crippen molar-refractivity contribution in [2.45, 2.75) is 108 Å². The van der Waals surface area contributed by atoms with Crippen molar-refractivity contribution in [3.05, 3.63) is 12.2 Å². The summed E-state index contributed by atoms with van der Waals surface area (Å²) in [4.78, 5) is 11.9. The molecular formula is C21H41O5P. The Labute approximate surface area is 166 Å². The molecule has 0 heterocycles. The van der Waals surface area contributed by atoms with E-state index >= 15 is 0 Å². The Morgan fingerprint density at radius 2 is 1.41 bits per heavy atom. The first kappa shape index (κ1) is 26.5. The number of unbranched alkanes of at least 4 members (excludes halogenated alkanes) is 11. The molecule has 0 saturated heterocycles. The molecule has 3 N–H and O–H groups in total. The Kier molecular flexibility index (Phi) is 17.3. The second-order valence-corrected chi connectivity index (χ2v) is 8.51. The van der Waals surface area contributed by atoms with Crippen LogP contribution in [0.2, 0.25) is 0 Å². The average Bonchev–Trinajstić information content (AvgIpc) is 2.69. The smallest absolute Gasteiger partial charge is 0.198 e. The van der Waals surface area contributed by atoms with Crippen LogP contribution < -0.4 is 0 Å². The summed E-state index contributed by atoms with van der Waals surface area (Å²) < 4.78 is 11.1. The highest BCUT2D eigenvalue weighted by molar-refractivity contribution is 7.27. The van der Waals surface area contributed by atoms with Crippen molar-refractivity contribution in [2.75, 3.05) is 6.61 Å². The van der Waals surface area contributed by atoms with Crippen LogP contribution in [-0.2, 0) is 9.36 Å². The third-order valence-corrected chi connectivity index (χ3v) is 6.04. The summed E-state index contributed by atoms with van der Waals surface area (Å²) in [7, 11) is -1.89. The summed E-state index contributed by atoms with van der Waals surface area (Å²) in [5.41, 5.74) is 0. The monoisotopic (exact) mass is 404 g/mol. The highest BCUT2D eigenvalue weighted by atomic mass is 31.1. The van der Waals surface area contributed by atoms with Crippen molar-refractivity contribution >= 4 is 14.2 Å². The number of allylic oxidation sites excluding steroid dienone is 2. The van der Waals surface area contributed by atoms with Crippen LogP contribution >= 0.6 is 8.46 Å². The van der Waals surface area contributed by atoms with Gasteiger partial charge in [0.1, 0.15) is 14.6 Å². The van der Waals surface area contributed by atoms with E-state index < -0.39 is 32.3 Å². The second kappa shape index (κ2) is 17.6. The summed E-state index contributed by atoms with van der Waals surface area (Å²) in [6, 6.07) is 0. The Hall–Kier alpha value is -0.480. The van der Waals surface area contributed by atoms with Gasteiger partial charge in [-0.1, -0.05) is 70.4 Å². The highest BCUT2D eigenvalue weighted by Gasteiger charge is 2.41. The third-order valence-electron chi connectivity index (χ3n) is 4.97. The van der Waals surface area contributed by atoms with Gasteiger partial charge in [-0.15, -0.1) is 0 Å². The molecule has 0 aromatic carbocycles. The van der Waals surface area contributed by atoms with E-state index in [1.54, 1.807) is 0 Å². The number of carbonyl (C=O) groups is 1. The fourth-order valence-corrected chi connectivity index (χ4v) is 3.56. The molecule has 0 aromatic heterocycles. The predicted octanol–water partition coefficient (Wildman–Crippen LogP) is 4.39. The summed E-state index contributed by atoms with van der Waals surface area (Å²) in [6.45, 7) is 1.46. The van der Waals surface area contributed by atoms with Crippen LogP contribution in [0.5, 0.6) is 0 Å². The summed E-state index contributed by atoms with van der Waals surface area (Å²) in [6.07, 6.45) is 18.0. The van der Waals surface area contributed by atoms with Gasteiger partial charge in [0, 0.05) is 6.42 Å². The van der Waals surface area contributed by atoms with Gasteiger partial charge >= 0.3 is 0 Å². The first-order valence-electron chi connectivity index (χ1n) is 10.7. The fourth-order valence-electron chi connectivity index (χ4n) is 3.03. The van der Waals surface area contributed by atoms with Gasteiger partial charge in [0.2, 0.25) is 0 Å². The van der Waals surface area contributed by atoms with Crippen molar-refractivity contribution < 1.29 is 24.7 Å². The Bertz CT molecular complexity index is 413. The topological polar surface area (TPSA) is 94.8 Å². The molecule has 0 fully saturated rings. The number of hydrogen-bond donors (Lipinski definition) is 3. The summed E-state index contributed by atoms with van der Waals surface area (Å²) in [5.74, 6) is -0.629. The maximum atomic E-state index is 11.9. The maximum absolute atomic E-state index is 11.9. The minimum atomic E-state index is -2.27. The van der Waals surface area contributed by atoms with Crippen LogP contribution in [0.15, 0.2) is 12.2 Å². The molecule has 0 saturated carbocycles. The largest absolute Gasteiger partial charge is 0.394 e. The molecule has 0 rings (SSSR count). The lowest BCUT2D eigenvalue weighted by Crippen LogP contribution is -2.46. The zero-order valence-electron chi connectivity index (χ0n) is 17.1. The van der Waals surface area contributed by atoms with Crippen molar-refractivity contribution in [1.29, 1.82) is 0 Å². The van der Waals surface area contributed by atoms with Crippen LogP contribution in [-0.4, -0.2) is 39.2 Å². The number of aliphatic hydroxyl groups excluding tert-OH is 2. The molecule has 0 radical (unpaired) electrons. The SMILES string of the molecule is CCCCCCC=CCCCCCCCCCC(=O)C(O)([PH2]=O)C(O)CO. The number of carbonyl (C=O) groups excluding carboxylic acids is 1. The van der Waals surface area contributed by atoms with Gasteiger partial charge in [0.15, 0.2) is 11.1 Å². The van der Waals surface area contributed by atoms with E-state index in [1.165, 1.54) is 51.4 Å². The molecule has 3 atom stereocenters. The molecule has 0 spiro atoms. The normalized spacial score (nSPS) is 15.6. The lowest BCUT2D eigenvalue weighted by Gasteiger charge is -2.25. The number of ketones is 1. The lowest BCUT2D eigenvalue weighted by atomic mass is 10.0. The minimum Gasteiger partial charge on any atom is -0.394 e. The molecule has 5 nitrogen and oxygen atoms in total. The summed E-state index contributed by atoms with van der Waals surface area (Å²) in [5, 5.41) is 26.0. The second-order valence-electron chi connectivity index (χ2n) is 7.40. The van der Waals surface area contributed by atoms with Crippen molar-refractivity contribution in [1.82, 2.24) is 0 Å². The Balaban J connectivity index is 3.56. The van der Waals surface area contributed by atoms with Gasteiger partial charge in [0.25, 0.3) is 0 Å². The van der Waals surface area contributed by atoms with Crippen LogP contribution in [0, 0.1) is 0 Å². The van der Waals surface area contributed by atoms with Gasteiger partial charge in [-0.25, -0.2) is 0 Å². The van der Waals surface area contributed by atoms with Crippen LogP contribution in [0.1, 0.15) is 96.8 Å². The zero-order valence-corrected chi connectivity index (χ0v) is 18.2. The molecule has 0 amide bonds. The molecular weight excluding hydrogens is 363 g/mol. The van der Waals surface area contributed by atoms with Gasteiger partial charge in [-0.05, 0) is 32.1 Å². The van der Waals surface area contributed by atoms with Crippen LogP contribution in [0.25, 0.3) is 0 Å². The van der Waals surface area contributed by atoms with E-state index in [4.69, 9.17) is 5.11 Å². The van der Waals surface area contributed by atoms with Crippen molar-refractivity contribution in [3.63, 3.8) is 0 Å². The van der Waals surface area contributed by atoms with E-state index in [1.807, 2.05) is 0 Å². The molecule has 0 aliphatic heterocycles. The molecule has 0 aliphatic rings. The number of rotatable bonds is 19. The number of aliphatic hydroxyl groups is 3. The van der Waals surface area contributed by atoms with Gasteiger partial charge in [0.05, 0.1) is 6.61 Å².